The van der Waals surface area contributed by atoms with Crippen molar-refractivity contribution in [1.29, 1.82) is 0 Å². The summed E-state index contributed by atoms with van der Waals surface area (Å²) in [5.74, 6) is -1.88. The van der Waals surface area contributed by atoms with Crippen LogP contribution in [-0.4, -0.2) is 26.2 Å². The van der Waals surface area contributed by atoms with Gasteiger partial charge in [-0.2, -0.15) is 0 Å². The van der Waals surface area contributed by atoms with Gasteiger partial charge in [0.15, 0.2) is 0 Å². The number of nitrogens with one attached hydrogen (secondary N) is 1. The second-order valence-corrected chi connectivity index (χ2v) is 4.52. The second-order valence-electron chi connectivity index (χ2n) is 3.73. The minimum atomic E-state index is -0.741. The molecule has 0 unspecified atom stereocenters. The van der Waals surface area contributed by atoms with Crippen LogP contribution >= 0.6 is 15.9 Å². The lowest BCUT2D eigenvalue weighted by molar-refractivity contribution is -0.138. The molecule has 7 heteroatoms. The number of carbonyl (C=O) groups excluding carboxylic acids is 2. The average Bonchev–Trinajstić information content (AvgIpc) is 2.45. The van der Waals surface area contributed by atoms with Gasteiger partial charge in [-0.05, 0) is 40.5 Å². The minimum absolute atomic E-state index is 0.110. The molecule has 0 radical (unpaired) electrons. The molecule has 108 valence electrons. The van der Waals surface area contributed by atoms with E-state index in [4.69, 9.17) is 0 Å². The number of halogens is 2. The summed E-state index contributed by atoms with van der Waals surface area (Å²) in [7, 11) is 2.37. The van der Waals surface area contributed by atoms with E-state index < -0.39 is 17.8 Å². The van der Waals surface area contributed by atoms with E-state index in [1.165, 1.54) is 26.4 Å². The van der Waals surface area contributed by atoms with Crippen LogP contribution in [0.1, 0.15) is 5.56 Å². The van der Waals surface area contributed by atoms with Crippen LogP contribution in [0.3, 0.4) is 0 Å². The van der Waals surface area contributed by atoms with Gasteiger partial charge in [-0.1, -0.05) is 0 Å². The zero-order chi connectivity index (χ0) is 15.3. The van der Waals surface area contributed by atoms with E-state index in [-0.39, 0.29) is 10.2 Å². The van der Waals surface area contributed by atoms with Crippen LogP contribution in [-0.2, 0) is 19.1 Å². The summed E-state index contributed by atoms with van der Waals surface area (Å²) in [4.78, 5) is 22.8. The van der Waals surface area contributed by atoms with Gasteiger partial charge in [-0.15, -0.1) is 0 Å². The maximum absolute atomic E-state index is 13.3. The molecule has 0 fully saturated rings. The minimum Gasteiger partial charge on any atom is -0.466 e. The van der Waals surface area contributed by atoms with Crippen molar-refractivity contribution < 1.29 is 23.5 Å². The summed E-state index contributed by atoms with van der Waals surface area (Å²) in [6, 6.07) is 2.68. The lowest BCUT2D eigenvalue weighted by Gasteiger charge is -2.12. The Morgan fingerprint density at radius 1 is 1.30 bits per heavy atom. The van der Waals surface area contributed by atoms with Crippen molar-refractivity contribution in [1.82, 2.24) is 0 Å². The highest BCUT2D eigenvalue weighted by molar-refractivity contribution is 9.10. The van der Waals surface area contributed by atoms with Crippen molar-refractivity contribution in [3.05, 3.63) is 39.8 Å². The topological polar surface area (TPSA) is 64.6 Å². The molecule has 0 bridgehead atoms. The molecule has 1 rings (SSSR count). The number of hydrogen-bond acceptors (Lipinski definition) is 5. The van der Waals surface area contributed by atoms with Crippen LogP contribution in [0.15, 0.2) is 28.4 Å². The van der Waals surface area contributed by atoms with Gasteiger partial charge < -0.3 is 14.8 Å². The Morgan fingerprint density at radius 2 is 1.95 bits per heavy atom. The molecule has 0 amide bonds. The molecule has 0 spiro atoms. The number of rotatable bonds is 4. The van der Waals surface area contributed by atoms with Crippen molar-refractivity contribution in [2.24, 2.45) is 0 Å². The molecule has 0 aliphatic heterocycles. The average molecular weight is 346 g/mol. The predicted molar refractivity (Wildman–Crippen MR) is 74.6 cm³/mol. The summed E-state index contributed by atoms with van der Waals surface area (Å²) in [5, 5.41) is 2.72. The first kappa shape index (κ1) is 16.2. The molecular formula is C13H13BrFNO4. The quantitative estimate of drug-likeness (QED) is 0.671. The van der Waals surface area contributed by atoms with Gasteiger partial charge in [0.05, 0.1) is 24.8 Å². The Hall–Kier alpha value is -1.89. The SMILES string of the molecule is COC(=O)/C=C(/Nc1ccc(F)c(Br)c1C)C(=O)OC. The monoisotopic (exact) mass is 345 g/mol. The van der Waals surface area contributed by atoms with Crippen LogP contribution in [0.2, 0.25) is 0 Å². The summed E-state index contributed by atoms with van der Waals surface area (Å²) < 4.78 is 22.6. The zero-order valence-electron chi connectivity index (χ0n) is 11.1. The van der Waals surface area contributed by atoms with E-state index >= 15 is 0 Å². The Labute approximate surface area is 123 Å². The summed E-state index contributed by atoms with van der Waals surface area (Å²) in [6.07, 6.45) is 0.961. The van der Waals surface area contributed by atoms with E-state index in [1.54, 1.807) is 6.92 Å². The molecule has 0 saturated carbocycles. The molecule has 0 atom stereocenters. The van der Waals surface area contributed by atoms with E-state index in [9.17, 15) is 14.0 Å². The molecule has 1 N–H and O–H groups in total. The Bertz CT molecular complexity index is 572. The van der Waals surface area contributed by atoms with E-state index in [1.807, 2.05) is 0 Å². The van der Waals surface area contributed by atoms with Crippen molar-refractivity contribution in [2.75, 3.05) is 19.5 Å². The second kappa shape index (κ2) is 7.04. The number of methoxy groups -OCH3 is 2. The fourth-order valence-corrected chi connectivity index (χ4v) is 1.71. The van der Waals surface area contributed by atoms with Gasteiger partial charge in [0.1, 0.15) is 11.5 Å². The fraction of sp³-hybridized carbons (Fsp3) is 0.231. The Balaban J connectivity index is 3.14. The third kappa shape index (κ3) is 3.80. The molecule has 0 saturated heterocycles. The molecule has 20 heavy (non-hydrogen) atoms. The summed E-state index contributed by atoms with van der Waals surface area (Å²) in [5.41, 5.74) is 0.893. The van der Waals surface area contributed by atoms with E-state index in [0.29, 0.717) is 11.3 Å². The number of benzene rings is 1. The normalized spacial score (nSPS) is 10.9. The largest absolute Gasteiger partial charge is 0.466 e. The number of carbonyl (C=O) groups is 2. The lowest BCUT2D eigenvalue weighted by Crippen LogP contribution is -2.16. The lowest BCUT2D eigenvalue weighted by atomic mass is 10.2. The summed E-state index contributed by atoms with van der Waals surface area (Å²) >= 11 is 3.10. The van der Waals surface area contributed by atoms with E-state index in [0.717, 1.165) is 6.08 Å². The predicted octanol–water partition coefficient (Wildman–Crippen LogP) is 2.54. The van der Waals surface area contributed by atoms with Crippen LogP contribution < -0.4 is 5.32 Å². The van der Waals surface area contributed by atoms with Crippen molar-refractivity contribution in [2.45, 2.75) is 6.92 Å². The molecule has 5 nitrogen and oxygen atoms in total. The van der Waals surface area contributed by atoms with Crippen LogP contribution in [0.5, 0.6) is 0 Å². The van der Waals surface area contributed by atoms with E-state index in [2.05, 4.69) is 30.7 Å². The zero-order valence-corrected chi connectivity index (χ0v) is 12.7. The van der Waals surface area contributed by atoms with Crippen molar-refractivity contribution in [3.63, 3.8) is 0 Å². The smallest absolute Gasteiger partial charge is 0.354 e. The fourth-order valence-electron chi connectivity index (χ4n) is 1.37. The highest BCUT2D eigenvalue weighted by Crippen LogP contribution is 2.27. The molecule has 0 aromatic heterocycles. The van der Waals surface area contributed by atoms with Crippen molar-refractivity contribution in [3.8, 4) is 0 Å². The number of anilines is 1. The summed E-state index contributed by atoms with van der Waals surface area (Å²) in [6.45, 7) is 1.66. The van der Waals surface area contributed by atoms with Crippen LogP contribution in [0, 0.1) is 12.7 Å². The third-order valence-corrected chi connectivity index (χ3v) is 3.45. The maximum atomic E-state index is 13.3. The van der Waals surface area contributed by atoms with Gasteiger partial charge >= 0.3 is 11.9 Å². The van der Waals surface area contributed by atoms with Crippen molar-refractivity contribution >= 4 is 33.6 Å². The molecule has 0 aliphatic rings. The maximum Gasteiger partial charge on any atom is 0.354 e. The number of esters is 2. The number of ether oxygens (including phenoxy) is 2. The van der Waals surface area contributed by atoms with Crippen LogP contribution in [0.25, 0.3) is 0 Å². The highest BCUT2D eigenvalue weighted by atomic mass is 79.9. The van der Waals surface area contributed by atoms with Gasteiger partial charge in [-0.3, -0.25) is 0 Å². The van der Waals surface area contributed by atoms with Gasteiger partial charge in [-0.25, -0.2) is 14.0 Å². The van der Waals surface area contributed by atoms with Gasteiger partial charge in [0.2, 0.25) is 0 Å². The van der Waals surface area contributed by atoms with Gasteiger partial charge in [0, 0.05) is 5.69 Å². The first-order valence-electron chi connectivity index (χ1n) is 5.50. The Kier molecular flexibility index (Phi) is 5.69. The molecular weight excluding hydrogens is 333 g/mol. The van der Waals surface area contributed by atoms with Gasteiger partial charge in [0.25, 0.3) is 0 Å². The molecule has 1 aromatic rings. The first-order chi connectivity index (χ1) is 9.40. The molecule has 1 aromatic carbocycles. The molecule has 0 heterocycles. The highest BCUT2D eigenvalue weighted by Gasteiger charge is 2.15. The molecule has 0 aliphatic carbocycles. The van der Waals surface area contributed by atoms with Crippen LogP contribution in [0.4, 0.5) is 10.1 Å². The first-order valence-corrected chi connectivity index (χ1v) is 6.29. The standard InChI is InChI=1S/C13H13BrFNO4/c1-7-9(5-4-8(15)12(7)14)16-10(13(18)20-3)6-11(17)19-2/h4-6,16H,1-3H3/b10-6+. The third-order valence-electron chi connectivity index (χ3n) is 2.48. The Morgan fingerprint density at radius 3 is 2.50 bits per heavy atom. The number of hydrogen-bond donors (Lipinski definition) is 1.